The fourth-order valence-corrected chi connectivity index (χ4v) is 3.75. The van der Waals surface area contributed by atoms with Gasteiger partial charge in [0.1, 0.15) is 0 Å². The lowest BCUT2D eigenvalue weighted by molar-refractivity contribution is -0.143. The second-order valence-corrected chi connectivity index (χ2v) is 7.60. The highest BCUT2D eigenvalue weighted by molar-refractivity contribution is 8.01. The number of anilines is 2. The molecule has 2 aromatic rings. The van der Waals surface area contributed by atoms with Gasteiger partial charge in [0.2, 0.25) is 11.8 Å². The molecule has 1 atom stereocenters. The Kier molecular flexibility index (Phi) is 6.66. The average molecular weight is 412 g/mol. The summed E-state index contributed by atoms with van der Waals surface area (Å²) < 4.78 is 5.06. The Bertz CT molecular complexity index is 942. The van der Waals surface area contributed by atoms with Gasteiger partial charge in [-0.2, -0.15) is 0 Å². The summed E-state index contributed by atoms with van der Waals surface area (Å²) in [5.74, 6) is -1.36. The molecular weight excluding hydrogens is 392 g/mol. The third-order valence-electron chi connectivity index (χ3n) is 4.23. The molecular formula is C21H20N2O5S. The Morgan fingerprint density at radius 1 is 1.10 bits per heavy atom. The molecule has 2 N–H and O–H groups in total. The summed E-state index contributed by atoms with van der Waals surface area (Å²) in [5, 5.41) is 4.85. The molecule has 3 rings (SSSR count). The first-order valence-electron chi connectivity index (χ1n) is 9.11. The number of esters is 1. The zero-order chi connectivity index (χ0) is 20.8. The van der Waals surface area contributed by atoms with Crippen molar-refractivity contribution in [2.24, 2.45) is 0 Å². The van der Waals surface area contributed by atoms with Crippen molar-refractivity contribution in [3.63, 3.8) is 0 Å². The number of nitrogens with one attached hydrogen (secondary N) is 2. The average Bonchev–Trinajstić information content (AvgIpc) is 2.73. The molecule has 1 aliphatic heterocycles. The van der Waals surface area contributed by atoms with Gasteiger partial charge in [-0.05, 0) is 36.4 Å². The molecule has 150 valence electrons. The van der Waals surface area contributed by atoms with Gasteiger partial charge in [-0.25, -0.2) is 0 Å². The molecule has 0 unspecified atom stereocenters. The van der Waals surface area contributed by atoms with E-state index in [1.54, 1.807) is 37.3 Å². The number of carbonyl (C=O) groups is 4. The molecule has 0 radical (unpaired) electrons. The van der Waals surface area contributed by atoms with Gasteiger partial charge < -0.3 is 15.4 Å². The highest BCUT2D eigenvalue weighted by Crippen LogP contribution is 2.36. The molecule has 29 heavy (non-hydrogen) atoms. The van der Waals surface area contributed by atoms with E-state index in [1.807, 2.05) is 18.2 Å². The van der Waals surface area contributed by atoms with Gasteiger partial charge in [0.05, 0.1) is 17.4 Å². The minimum Gasteiger partial charge on any atom is -0.457 e. The van der Waals surface area contributed by atoms with Crippen LogP contribution in [-0.2, 0) is 19.1 Å². The summed E-state index contributed by atoms with van der Waals surface area (Å²) in [6, 6.07) is 13.7. The van der Waals surface area contributed by atoms with Gasteiger partial charge in [0, 0.05) is 22.6 Å². The van der Waals surface area contributed by atoms with Crippen LogP contribution in [0.2, 0.25) is 0 Å². The molecule has 0 saturated heterocycles. The number of thioether (sulfide) groups is 1. The number of ether oxygens (including phenoxy) is 1. The van der Waals surface area contributed by atoms with Crippen molar-refractivity contribution in [3.8, 4) is 0 Å². The Morgan fingerprint density at radius 3 is 2.55 bits per heavy atom. The largest absolute Gasteiger partial charge is 0.457 e. The van der Waals surface area contributed by atoms with Crippen molar-refractivity contribution in [2.45, 2.75) is 29.9 Å². The first-order valence-corrected chi connectivity index (χ1v) is 9.99. The van der Waals surface area contributed by atoms with Crippen LogP contribution < -0.4 is 10.6 Å². The van der Waals surface area contributed by atoms with Crippen molar-refractivity contribution in [1.29, 1.82) is 0 Å². The Balaban J connectivity index is 1.50. The number of rotatable bonds is 7. The summed E-state index contributed by atoms with van der Waals surface area (Å²) in [4.78, 5) is 48.7. The summed E-state index contributed by atoms with van der Waals surface area (Å²) in [7, 11) is 0. The highest BCUT2D eigenvalue weighted by Gasteiger charge is 2.29. The van der Waals surface area contributed by atoms with Crippen molar-refractivity contribution in [1.82, 2.24) is 0 Å². The number of carbonyl (C=O) groups excluding carboxylic acids is 4. The molecule has 0 spiro atoms. The number of amides is 2. The van der Waals surface area contributed by atoms with E-state index >= 15 is 0 Å². The molecule has 0 aromatic heterocycles. The predicted octanol–water partition coefficient (Wildman–Crippen LogP) is 3.26. The zero-order valence-electron chi connectivity index (χ0n) is 15.8. The second kappa shape index (κ2) is 9.38. The maximum Gasteiger partial charge on any atom is 0.307 e. The summed E-state index contributed by atoms with van der Waals surface area (Å²) >= 11 is 1.30. The third kappa shape index (κ3) is 5.45. The van der Waals surface area contributed by atoms with Gasteiger partial charge >= 0.3 is 5.97 Å². The van der Waals surface area contributed by atoms with E-state index in [1.165, 1.54) is 11.8 Å². The van der Waals surface area contributed by atoms with Crippen LogP contribution in [0.25, 0.3) is 0 Å². The van der Waals surface area contributed by atoms with Crippen molar-refractivity contribution >= 4 is 46.7 Å². The first-order chi connectivity index (χ1) is 14.0. The number of Topliss-reactive ketones (excluding diaryl/α,β-unsaturated/α-hetero) is 1. The molecule has 0 saturated carbocycles. The molecule has 1 heterocycles. The van der Waals surface area contributed by atoms with E-state index < -0.39 is 17.8 Å². The monoisotopic (exact) mass is 412 g/mol. The van der Waals surface area contributed by atoms with Gasteiger partial charge in [-0.15, -0.1) is 11.8 Å². The summed E-state index contributed by atoms with van der Waals surface area (Å²) in [6.45, 7) is 1.34. The molecule has 7 nitrogen and oxygen atoms in total. The molecule has 1 aliphatic rings. The zero-order valence-corrected chi connectivity index (χ0v) is 16.6. The number of fused-ring (bicyclic) bond motifs is 1. The van der Waals surface area contributed by atoms with Crippen LogP contribution in [0.15, 0.2) is 53.4 Å². The highest BCUT2D eigenvalue weighted by atomic mass is 32.2. The fourth-order valence-electron chi connectivity index (χ4n) is 2.66. The normalized spacial score (nSPS) is 15.1. The van der Waals surface area contributed by atoms with E-state index in [9.17, 15) is 19.2 Å². The molecule has 2 aromatic carbocycles. The molecule has 0 bridgehead atoms. The van der Waals surface area contributed by atoms with Crippen molar-refractivity contribution < 1.29 is 23.9 Å². The van der Waals surface area contributed by atoms with Crippen LogP contribution in [0.1, 0.15) is 30.1 Å². The lowest BCUT2D eigenvalue weighted by Gasteiger charge is -2.23. The van der Waals surface area contributed by atoms with Gasteiger partial charge in [0.25, 0.3) is 0 Å². The number of ketones is 1. The molecule has 8 heteroatoms. The van der Waals surface area contributed by atoms with E-state index in [0.29, 0.717) is 17.7 Å². The van der Waals surface area contributed by atoms with Crippen LogP contribution >= 0.6 is 11.8 Å². The standard InChI is InChI=1S/C21H20N2O5S/c1-2-19(25)22-14-9-7-13(8-10-14)16(24)12-28-20(26)11-18-21(27)23-15-5-3-4-6-17(15)29-18/h3-10,18H,2,11-12H2,1H3,(H,22,25)(H,23,27)/t18-/m1/s1. The Labute approximate surface area is 172 Å². The van der Waals surface area contributed by atoms with Crippen molar-refractivity contribution in [2.75, 3.05) is 17.2 Å². The van der Waals surface area contributed by atoms with Crippen molar-refractivity contribution in [3.05, 3.63) is 54.1 Å². The number of hydrogen-bond donors (Lipinski definition) is 2. The third-order valence-corrected chi connectivity index (χ3v) is 5.51. The number of hydrogen-bond acceptors (Lipinski definition) is 6. The van der Waals surface area contributed by atoms with E-state index in [4.69, 9.17) is 4.74 Å². The van der Waals surface area contributed by atoms with E-state index in [2.05, 4.69) is 10.6 Å². The molecule has 0 fully saturated rings. The fraction of sp³-hybridized carbons (Fsp3) is 0.238. The number of para-hydroxylation sites is 1. The first kappa shape index (κ1) is 20.6. The SMILES string of the molecule is CCC(=O)Nc1ccc(C(=O)COC(=O)C[C@H]2Sc3ccccc3NC2=O)cc1. The Morgan fingerprint density at radius 2 is 1.83 bits per heavy atom. The van der Waals surface area contributed by atoms with Crippen LogP contribution in [0.4, 0.5) is 11.4 Å². The van der Waals surface area contributed by atoms with Crippen LogP contribution in [0, 0.1) is 0 Å². The maximum absolute atomic E-state index is 12.2. The quantitative estimate of drug-likeness (QED) is 0.535. The van der Waals surface area contributed by atoms with E-state index in [-0.39, 0.29) is 24.0 Å². The minimum atomic E-state index is -0.614. The van der Waals surface area contributed by atoms with E-state index in [0.717, 1.165) is 10.6 Å². The predicted molar refractivity (Wildman–Crippen MR) is 110 cm³/mol. The van der Waals surface area contributed by atoms with Gasteiger partial charge in [0.15, 0.2) is 12.4 Å². The van der Waals surface area contributed by atoms with Gasteiger partial charge in [-0.1, -0.05) is 19.1 Å². The van der Waals surface area contributed by atoms with Crippen LogP contribution in [0.5, 0.6) is 0 Å². The minimum absolute atomic E-state index is 0.120. The van der Waals surface area contributed by atoms with Crippen LogP contribution in [-0.4, -0.2) is 35.4 Å². The van der Waals surface area contributed by atoms with Crippen LogP contribution in [0.3, 0.4) is 0 Å². The Hall–Kier alpha value is -3.13. The van der Waals surface area contributed by atoms with Gasteiger partial charge in [-0.3, -0.25) is 19.2 Å². The smallest absolute Gasteiger partial charge is 0.307 e. The summed E-state index contributed by atoms with van der Waals surface area (Å²) in [6.07, 6.45) is 0.236. The maximum atomic E-state index is 12.2. The topological polar surface area (TPSA) is 102 Å². The molecule has 0 aliphatic carbocycles. The lowest BCUT2D eigenvalue weighted by Crippen LogP contribution is -2.31. The number of benzene rings is 2. The summed E-state index contributed by atoms with van der Waals surface area (Å²) in [5.41, 5.74) is 1.68. The second-order valence-electron chi connectivity index (χ2n) is 6.36. The lowest BCUT2D eigenvalue weighted by atomic mass is 10.1. The molecule has 2 amide bonds.